The summed E-state index contributed by atoms with van der Waals surface area (Å²) in [7, 11) is -4.18. The van der Waals surface area contributed by atoms with Crippen LogP contribution in [0.1, 0.15) is 5.56 Å². The molecule has 0 amide bonds. The van der Waals surface area contributed by atoms with E-state index in [0.717, 1.165) is 18.2 Å². The molecule has 2 aromatic carbocycles. The topological polar surface area (TPSA) is 80.4 Å². The number of aliphatic hydroxyl groups is 1. The van der Waals surface area contributed by atoms with E-state index in [1.165, 1.54) is 18.2 Å². The van der Waals surface area contributed by atoms with E-state index >= 15 is 0 Å². The average Bonchev–Trinajstić information content (AvgIpc) is 2.51. The van der Waals surface area contributed by atoms with Crippen molar-refractivity contribution in [1.29, 1.82) is 0 Å². The lowest BCUT2D eigenvalue weighted by molar-refractivity contribution is -0.376. The van der Waals surface area contributed by atoms with Crippen LogP contribution in [-0.2, 0) is 15.6 Å². The molecule has 0 saturated carbocycles. The van der Waals surface area contributed by atoms with Gasteiger partial charge in [-0.25, -0.2) is 13.6 Å². The van der Waals surface area contributed by atoms with Gasteiger partial charge in [0, 0.05) is 11.1 Å². The molecule has 0 bridgehead atoms. The van der Waals surface area contributed by atoms with Crippen LogP contribution in [0.3, 0.4) is 0 Å². The van der Waals surface area contributed by atoms with Crippen molar-refractivity contribution in [2.75, 3.05) is 0 Å². The van der Waals surface area contributed by atoms with Crippen molar-refractivity contribution >= 4 is 10.0 Å². The van der Waals surface area contributed by atoms with E-state index < -0.39 is 33.5 Å². The maximum Gasteiger partial charge on any atom is 0.430 e. The minimum Gasteiger partial charge on any atom is -0.369 e. The molecule has 0 radical (unpaired) electrons. The highest BCUT2D eigenvalue weighted by Gasteiger charge is 2.71. The number of halogens is 6. The zero-order valence-electron chi connectivity index (χ0n) is 12.6. The van der Waals surface area contributed by atoms with Crippen LogP contribution in [0, 0.1) is 0 Å². The standard InChI is InChI=1S/C15H11F6NO3S/c16-14(17,18)13(23,15(19,20)21)10-7-5-9(6-8-10)11-3-1-2-4-12(11)26(22,24)25/h1-8,23H,(H2,22,24,25). The van der Waals surface area contributed by atoms with Gasteiger partial charge in [0.05, 0.1) is 4.90 Å². The quantitative estimate of drug-likeness (QED) is 0.778. The number of primary sulfonamides is 1. The SMILES string of the molecule is NS(=O)(=O)c1ccccc1-c1ccc(C(O)(C(F)(F)F)C(F)(F)F)cc1. The van der Waals surface area contributed by atoms with Crippen LogP contribution in [-0.4, -0.2) is 25.9 Å². The van der Waals surface area contributed by atoms with Gasteiger partial charge >= 0.3 is 12.4 Å². The van der Waals surface area contributed by atoms with E-state index in [1.54, 1.807) is 0 Å². The second-order valence-electron chi connectivity index (χ2n) is 5.32. The van der Waals surface area contributed by atoms with E-state index in [4.69, 9.17) is 5.14 Å². The van der Waals surface area contributed by atoms with Gasteiger partial charge in [0.25, 0.3) is 5.60 Å². The second-order valence-corrected chi connectivity index (χ2v) is 6.85. The van der Waals surface area contributed by atoms with Gasteiger partial charge in [-0.15, -0.1) is 0 Å². The lowest BCUT2D eigenvalue weighted by atomic mass is 9.90. The van der Waals surface area contributed by atoms with Crippen LogP contribution in [0.25, 0.3) is 11.1 Å². The maximum atomic E-state index is 12.9. The fraction of sp³-hybridized carbons (Fsp3) is 0.200. The van der Waals surface area contributed by atoms with Crippen molar-refractivity contribution < 1.29 is 39.9 Å². The zero-order chi connectivity index (χ0) is 20.0. The third kappa shape index (κ3) is 3.41. The summed E-state index contributed by atoms with van der Waals surface area (Å²) in [6.07, 6.45) is -12.0. The Bertz CT molecular complexity index is 890. The average molecular weight is 399 g/mol. The summed E-state index contributed by atoms with van der Waals surface area (Å²) in [5.74, 6) is 0. The molecule has 0 unspecified atom stereocenters. The third-order valence-electron chi connectivity index (χ3n) is 3.63. The van der Waals surface area contributed by atoms with Gasteiger partial charge in [-0.2, -0.15) is 26.3 Å². The highest BCUT2D eigenvalue weighted by molar-refractivity contribution is 7.89. The summed E-state index contributed by atoms with van der Waals surface area (Å²) in [4.78, 5) is -0.352. The Morgan fingerprint density at radius 3 is 1.69 bits per heavy atom. The predicted molar refractivity (Wildman–Crippen MR) is 79.3 cm³/mol. The number of rotatable bonds is 3. The normalized spacial score (nSPS) is 13.7. The highest BCUT2D eigenvalue weighted by Crippen LogP contribution is 2.50. The molecule has 142 valence electrons. The number of alkyl halides is 6. The highest BCUT2D eigenvalue weighted by atomic mass is 32.2. The first-order chi connectivity index (χ1) is 11.7. The fourth-order valence-electron chi connectivity index (χ4n) is 2.33. The molecule has 26 heavy (non-hydrogen) atoms. The van der Waals surface area contributed by atoms with Crippen LogP contribution in [0.4, 0.5) is 26.3 Å². The molecule has 0 aromatic heterocycles. The Kier molecular flexibility index (Phi) is 4.86. The largest absolute Gasteiger partial charge is 0.430 e. The minimum absolute atomic E-state index is 0.00470. The second kappa shape index (κ2) is 6.25. The van der Waals surface area contributed by atoms with Crippen molar-refractivity contribution in [2.45, 2.75) is 22.8 Å². The molecule has 0 aliphatic carbocycles. The Morgan fingerprint density at radius 1 is 0.808 bits per heavy atom. The number of sulfonamides is 1. The number of hydrogen-bond acceptors (Lipinski definition) is 3. The van der Waals surface area contributed by atoms with Gasteiger partial charge < -0.3 is 5.11 Å². The van der Waals surface area contributed by atoms with E-state index in [9.17, 15) is 39.9 Å². The molecule has 0 atom stereocenters. The lowest BCUT2D eigenvalue weighted by Crippen LogP contribution is -2.53. The van der Waals surface area contributed by atoms with Crippen LogP contribution >= 0.6 is 0 Å². The van der Waals surface area contributed by atoms with Crippen molar-refractivity contribution in [3.63, 3.8) is 0 Å². The first-order valence-electron chi connectivity index (χ1n) is 6.78. The van der Waals surface area contributed by atoms with Crippen LogP contribution < -0.4 is 5.14 Å². The molecular weight excluding hydrogens is 388 g/mol. The summed E-state index contributed by atoms with van der Waals surface area (Å²) >= 11 is 0. The number of nitrogens with two attached hydrogens (primary N) is 1. The van der Waals surface area contributed by atoms with Crippen LogP contribution in [0.15, 0.2) is 53.4 Å². The molecule has 3 N–H and O–H groups in total. The van der Waals surface area contributed by atoms with Crippen molar-refractivity contribution in [2.24, 2.45) is 5.14 Å². The number of benzene rings is 2. The first kappa shape index (κ1) is 20.2. The molecule has 0 aliphatic rings. The molecule has 4 nitrogen and oxygen atoms in total. The van der Waals surface area contributed by atoms with Gasteiger partial charge in [-0.1, -0.05) is 42.5 Å². The molecule has 0 heterocycles. The Balaban J connectivity index is 2.60. The van der Waals surface area contributed by atoms with E-state index in [0.29, 0.717) is 12.1 Å². The monoisotopic (exact) mass is 399 g/mol. The van der Waals surface area contributed by atoms with Gasteiger partial charge in [-0.3, -0.25) is 0 Å². The molecule has 11 heteroatoms. The zero-order valence-corrected chi connectivity index (χ0v) is 13.5. The third-order valence-corrected chi connectivity index (χ3v) is 4.60. The molecule has 0 saturated heterocycles. The summed E-state index contributed by atoms with van der Waals surface area (Å²) < 4.78 is 100. The van der Waals surface area contributed by atoms with Crippen LogP contribution in [0.2, 0.25) is 0 Å². The van der Waals surface area contributed by atoms with E-state index in [-0.39, 0.29) is 16.0 Å². The smallest absolute Gasteiger partial charge is 0.369 e. The maximum absolute atomic E-state index is 12.9. The van der Waals surface area contributed by atoms with Crippen molar-refractivity contribution in [3.05, 3.63) is 54.1 Å². The summed E-state index contributed by atoms with van der Waals surface area (Å²) in [5.41, 5.74) is -6.51. The van der Waals surface area contributed by atoms with Gasteiger partial charge in [0.1, 0.15) is 0 Å². The summed E-state index contributed by atoms with van der Waals surface area (Å²) in [5, 5.41) is 14.4. The van der Waals surface area contributed by atoms with Crippen molar-refractivity contribution in [3.8, 4) is 11.1 Å². The lowest BCUT2D eigenvalue weighted by Gasteiger charge is -2.32. The minimum atomic E-state index is -6.01. The van der Waals surface area contributed by atoms with E-state index in [1.807, 2.05) is 0 Å². The summed E-state index contributed by atoms with van der Waals surface area (Å²) in [6.45, 7) is 0. The van der Waals surface area contributed by atoms with Gasteiger partial charge in [-0.05, 0) is 11.6 Å². The van der Waals surface area contributed by atoms with E-state index in [2.05, 4.69) is 0 Å². The number of hydrogen-bond donors (Lipinski definition) is 2. The first-order valence-corrected chi connectivity index (χ1v) is 8.33. The Labute approximate surface area is 143 Å². The van der Waals surface area contributed by atoms with Gasteiger partial charge in [0.2, 0.25) is 10.0 Å². The van der Waals surface area contributed by atoms with Crippen molar-refractivity contribution in [1.82, 2.24) is 0 Å². The van der Waals surface area contributed by atoms with Gasteiger partial charge in [0.15, 0.2) is 0 Å². The Morgan fingerprint density at radius 2 is 1.27 bits per heavy atom. The fourth-order valence-corrected chi connectivity index (χ4v) is 3.09. The molecule has 2 rings (SSSR count). The Hall–Kier alpha value is -2.11. The molecule has 2 aromatic rings. The predicted octanol–water partition coefficient (Wildman–Crippen LogP) is 3.31. The molecular formula is C15H11F6NO3S. The summed E-state index contributed by atoms with van der Waals surface area (Å²) in [6, 6.07) is 7.72. The molecule has 0 aliphatic heterocycles. The van der Waals surface area contributed by atoms with Crippen LogP contribution in [0.5, 0.6) is 0 Å². The molecule has 0 spiro atoms. The molecule has 0 fully saturated rings.